The molecule has 0 spiro atoms. The molecule has 4 heterocycles. The lowest BCUT2D eigenvalue weighted by molar-refractivity contribution is -0.870. The van der Waals surface area contributed by atoms with Gasteiger partial charge in [-0.1, -0.05) is 141 Å². The number of ether oxygens (including phenoxy) is 4. The largest absolute Gasteiger partial charge is 0.457 e. The van der Waals surface area contributed by atoms with Crippen molar-refractivity contribution in [3.63, 3.8) is 0 Å². The summed E-state index contributed by atoms with van der Waals surface area (Å²) in [6.07, 6.45) is 22.5. The Morgan fingerprint density at radius 3 is 2.03 bits per heavy atom. The molecule has 3 atom stereocenters. The maximum Gasteiger partial charge on any atom is 0.355 e. The number of quaternary nitrogens is 1. The highest BCUT2D eigenvalue weighted by molar-refractivity contribution is 7.52. The smallest absolute Gasteiger partial charge is 0.355 e. The van der Waals surface area contributed by atoms with Crippen LogP contribution < -0.4 is 5.56 Å². The van der Waals surface area contributed by atoms with Crippen molar-refractivity contribution in [1.29, 1.82) is 0 Å². The van der Waals surface area contributed by atoms with Crippen LogP contribution in [0.5, 0.6) is 0 Å². The Balaban J connectivity index is 1.01. The number of cyclic esters (lactones) is 1. The van der Waals surface area contributed by atoms with Crippen molar-refractivity contribution in [2.75, 3.05) is 53.7 Å². The first-order chi connectivity index (χ1) is 33.7. The van der Waals surface area contributed by atoms with Crippen LogP contribution in [-0.4, -0.2) is 96.6 Å². The second-order valence-electron chi connectivity index (χ2n) is 20.7. The van der Waals surface area contributed by atoms with Gasteiger partial charge < -0.3 is 37.4 Å². The van der Waals surface area contributed by atoms with Gasteiger partial charge in [-0.15, -0.1) is 0 Å². The summed E-state index contributed by atoms with van der Waals surface area (Å²) >= 11 is 0. The van der Waals surface area contributed by atoms with Gasteiger partial charge in [0.2, 0.25) is 5.60 Å². The SMILES string of the molecule is CCCCCCCCCCCCCCCCCOC[C@@H](COP(=O)(O)CCC[N+](C)(C)C)OC(=O)CCCCCCCC(=O)O[C@]1(CC)C(=O)OCc2c1cc1n(c2=O)Cc2cc3ccccc3nc2-1. The van der Waals surface area contributed by atoms with Crippen LogP contribution in [0.3, 0.4) is 0 Å². The maximum absolute atomic E-state index is 13.9. The second kappa shape index (κ2) is 28.9. The normalized spacial score (nSPS) is 16.6. The van der Waals surface area contributed by atoms with E-state index in [0.717, 1.165) is 55.1 Å². The van der Waals surface area contributed by atoms with Gasteiger partial charge in [0, 0.05) is 42.4 Å². The maximum atomic E-state index is 13.9. The first-order valence-electron chi connectivity index (χ1n) is 26.8. The van der Waals surface area contributed by atoms with E-state index in [0.29, 0.717) is 65.8 Å². The van der Waals surface area contributed by atoms with E-state index < -0.39 is 37.2 Å². The summed E-state index contributed by atoms with van der Waals surface area (Å²) in [5.41, 5.74) is 1.55. The average molecular weight is 995 g/mol. The lowest BCUT2D eigenvalue weighted by atomic mass is 9.85. The van der Waals surface area contributed by atoms with Gasteiger partial charge in [0.1, 0.15) is 12.7 Å². The van der Waals surface area contributed by atoms with E-state index in [-0.39, 0.29) is 50.8 Å². The fourth-order valence-electron chi connectivity index (χ4n) is 9.56. The van der Waals surface area contributed by atoms with Gasteiger partial charge in [0.05, 0.1) is 76.1 Å². The number of carbonyl (C=O) groups is 3. The zero-order valence-corrected chi connectivity index (χ0v) is 44.2. The summed E-state index contributed by atoms with van der Waals surface area (Å²) in [4.78, 5) is 69.1. The Morgan fingerprint density at radius 2 is 1.40 bits per heavy atom. The number of unbranched alkanes of at least 4 members (excludes halogenated alkanes) is 18. The van der Waals surface area contributed by atoms with Gasteiger partial charge in [0.15, 0.2) is 0 Å². The van der Waals surface area contributed by atoms with E-state index in [1.165, 1.54) is 77.0 Å². The number of esters is 3. The number of rotatable bonds is 36. The van der Waals surface area contributed by atoms with E-state index in [4.69, 9.17) is 28.5 Å². The average Bonchev–Trinajstić information content (AvgIpc) is 3.68. The quantitative estimate of drug-likeness (QED) is 0.0151. The van der Waals surface area contributed by atoms with E-state index in [1.54, 1.807) is 17.6 Å². The van der Waals surface area contributed by atoms with Crippen LogP contribution in [0.1, 0.15) is 185 Å². The van der Waals surface area contributed by atoms with E-state index >= 15 is 0 Å². The molecular formula is C55H85N3O11P+. The summed E-state index contributed by atoms with van der Waals surface area (Å²) in [7, 11) is 2.20. The first-order valence-corrected chi connectivity index (χ1v) is 28.5. The van der Waals surface area contributed by atoms with Gasteiger partial charge in [0.25, 0.3) is 5.56 Å². The van der Waals surface area contributed by atoms with Crippen LogP contribution in [0.4, 0.5) is 0 Å². The number of pyridine rings is 2. The summed E-state index contributed by atoms with van der Waals surface area (Å²) in [5.74, 6) is -1.68. The van der Waals surface area contributed by atoms with Crippen LogP contribution in [0.15, 0.2) is 41.2 Å². The molecule has 2 aromatic heterocycles. The molecule has 1 unspecified atom stereocenters. The Hall–Kier alpha value is -3.94. The molecule has 2 aliphatic heterocycles. The molecule has 0 saturated carbocycles. The Kier molecular flexibility index (Phi) is 23.5. The number of fused-ring (bicyclic) bond motifs is 5. The molecule has 2 aliphatic rings. The molecule has 0 bridgehead atoms. The van der Waals surface area contributed by atoms with Crippen LogP contribution in [-0.2, 0) is 61.2 Å². The standard InChI is InChI=1S/C55H84N3O11P/c1-6-8-9-10-11-12-13-14-15-16-17-18-19-23-28-35-65-40-45(41-67-70(63,64)36-29-34-58(3,4)5)68-50(59)32-24-21-20-22-25-33-51(60)69-55(7-2)47-38-49-52-44(37-43-30-26-27-31-48(43)56-52)39-57(49)53(61)46(47)42-66-54(55)62/h26-27,30-31,37-38,45H,6-25,28-29,32-36,39-42H2,1-5H3/p+1/t45-,55-/m0/s1. The van der Waals surface area contributed by atoms with E-state index in [9.17, 15) is 28.6 Å². The van der Waals surface area contributed by atoms with Gasteiger partial charge >= 0.3 is 25.5 Å². The van der Waals surface area contributed by atoms with Gasteiger partial charge in [-0.3, -0.25) is 18.9 Å². The molecule has 1 aromatic carbocycles. The van der Waals surface area contributed by atoms with Crippen molar-refractivity contribution in [2.24, 2.45) is 0 Å². The van der Waals surface area contributed by atoms with Crippen LogP contribution in [0.25, 0.3) is 22.3 Å². The van der Waals surface area contributed by atoms with Gasteiger partial charge in [-0.2, -0.15) is 0 Å². The highest BCUT2D eigenvalue weighted by Gasteiger charge is 2.50. The summed E-state index contributed by atoms with van der Waals surface area (Å²) in [6, 6.07) is 11.6. The predicted molar refractivity (Wildman–Crippen MR) is 275 cm³/mol. The molecule has 0 radical (unpaired) electrons. The minimum atomic E-state index is -3.88. The Bertz CT molecular complexity index is 2240. The van der Waals surface area contributed by atoms with Gasteiger partial charge in [-0.25, -0.2) is 9.78 Å². The van der Waals surface area contributed by atoms with Crippen molar-refractivity contribution in [2.45, 2.75) is 193 Å². The lowest BCUT2D eigenvalue weighted by Crippen LogP contribution is -2.47. The molecule has 0 saturated heterocycles. The third-order valence-electron chi connectivity index (χ3n) is 13.7. The topological polar surface area (TPSA) is 170 Å². The number of benzene rings is 1. The minimum absolute atomic E-state index is 0.0231. The molecule has 3 aromatic rings. The number of carbonyl (C=O) groups excluding carboxylic acids is 3. The van der Waals surface area contributed by atoms with Crippen molar-refractivity contribution in [3.8, 4) is 11.4 Å². The predicted octanol–water partition coefficient (Wildman–Crippen LogP) is 11.5. The molecule has 0 amide bonds. The van der Waals surface area contributed by atoms with Crippen molar-refractivity contribution >= 4 is 36.4 Å². The molecule has 0 fully saturated rings. The van der Waals surface area contributed by atoms with Crippen molar-refractivity contribution < 1.29 is 51.8 Å². The third kappa shape index (κ3) is 18.0. The molecular weight excluding hydrogens is 910 g/mol. The van der Waals surface area contributed by atoms with Gasteiger partial charge in [-0.05, 0) is 43.9 Å². The number of hydrogen-bond acceptors (Lipinski definition) is 11. The van der Waals surface area contributed by atoms with Crippen molar-refractivity contribution in [3.05, 3.63) is 63.4 Å². The van der Waals surface area contributed by atoms with Crippen LogP contribution in [0.2, 0.25) is 0 Å². The molecule has 0 aliphatic carbocycles. The van der Waals surface area contributed by atoms with E-state index in [1.807, 2.05) is 51.5 Å². The Morgan fingerprint density at radius 1 is 0.800 bits per heavy atom. The van der Waals surface area contributed by atoms with Crippen LogP contribution in [0, 0.1) is 0 Å². The van der Waals surface area contributed by atoms with Crippen molar-refractivity contribution in [1.82, 2.24) is 9.55 Å². The zero-order valence-electron chi connectivity index (χ0n) is 43.3. The lowest BCUT2D eigenvalue weighted by Gasteiger charge is -2.35. The molecule has 1 N–H and O–H groups in total. The zero-order chi connectivity index (χ0) is 50.4. The monoisotopic (exact) mass is 995 g/mol. The Labute approximate surface area is 417 Å². The highest BCUT2D eigenvalue weighted by atomic mass is 31.2. The number of aromatic nitrogens is 2. The molecule has 70 heavy (non-hydrogen) atoms. The fraction of sp³-hybridized carbons (Fsp3) is 0.691. The van der Waals surface area contributed by atoms with E-state index in [2.05, 4.69) is 6.92 Å². The third-order valence-corrected chi connectivity index (χ3v) is 15.1. The fourth-order valence-corrected chi connectivity index (χ4v) is 10.6. The highest BCUT2D eigenvalue weighted by Crippen LogP contribution is 2.43. The molecule has 5 rings (SSSR count). The summed E-state index contributed by atoms with van der Waals surface area (Å²) < 4.78 is 43.8. The number of para-hydroxylation sites is 1. The summed E-state index contributed by atoms with van der Waals surface area (Å²) in [5, 5.41) is 0.969. The molecule has 15 heteroatoms. The molecule has 390 valence electrons. The molecule has 14 nitrogen and oxygen atoms in total. The first kappa shape index (κ1) is 57.0. The minimum Gasteiger partial charge on any atom is -0.457 e. The number of nitrogens with zero attached hydrogens (tertiary/aromatic N) is 3. The summed E-state index contributed by atoms with van der Waals surface area (Å²) in [6.45, 7) is 5.26. The second-order valence-corrected chi connectivity index (χ2v) is 22.6. The number of hydrogen-bond donors (Lipinski definition) is 1. The van der Waals surface area contributed by atoms with Crippen LogP contribution >= 0.6 is 7.60 Å².